The zero-order valence-electron chi connectivity index (χ0n) is 17.9. The van der Waals surface area contributed by atoms with Crippen LogP contribution in [0.25, 0.3) is 38.9 Å². The third-order valence-corrected chi connectivity index (χ3v) is 5.04. The normalized spacial score (nSPS) is 10.6. The molecular formula is C23H19BN4NaO. The molecule has 1 N–H and O–H groups in total. The van der Waals surface area contributed by atoms with Gasteiger partial charge in [-0.3, -0.25) is 4.40 Å². The third-order valence-electron chi connectivity index (χ3n) is 5.04. The first-order chi connectivity index (χ1) is 13.7. The molecule has 3 aromatic heterocycles. The Labute approximate surface area is 200 Å². The van der Waals surface area contributed by atoms with Gasteiger partial charge in [0, 0.05) is 31.1 Å². The second kappa shape index (κ2) is 9.10. The van der Waals surface area contributed by atoms with Gasteiger partial charge in [0.25, 0.3) is 0 Å². The number of aliphatic hydroxyl groups excluding tert-OH is 1. The molecule has 0 saturated carbocycles. The van der Waals surface area contributed by atoms with E-state index in [2.05, 4.69) is 28.4 Å². The minimum Gasteiger partial charge on any atom is -1.00 e. The largest absolute Gasteiger partial charge is 1.00 e. The summed E-state index contributed by atoms with van der Waals surface area (Å²) in [5, 5.41) is 18.9. The van der Waals surface area contributed by atoms with E-state index in [0.29, 0.717) is 0 Å². The Morgan fingerprint density at radius 2 is 1.67 bits per heavy atom. The predicted molar refractivity (Wildman–Crippen MR) is 117 cm³/mol. The van der Waals surface area contributed by atoms with Gasteiger partial charge in [-0.2, -0.15) is 0 Å². The number of hydrogen-bond acceptors (Lipinski definition) is 4. The van der Waals surface area contributed by atoms with Crippen molar-refractivity contribution in [1.29, 1.82) is 0 Å². The molecule has 30 heavy (non-hydrogen) atoms. The standard InChI is InChI=1S/C23H18N4O.B.Na.H/c1-15-25-26-23-20-13-19(17-5-3-2-4-6-17)22(24-21(20)11-12-27(15)23)18-9-7-16(14-28)8-10-18;;;/h2-13,28H,14H2,1H3;;;/q;;+1;-1. The van der Waals surface area contributed by atoms with Gasteiger partial charge in [-0.1, -0.05) is 54.6 Å². The molecule has 5 aromatic rings. The minimum absolute atomic E-state index is 0. The molecule has 0 atom stereocenters. The van der Waals surface area contributed by atoms with E-state index in [-0.39, 0.29) is 46.0 Å². The summed E-state index contributed by atoms with van der Waals surface area (Å²) in [7, 11) is 0. The zero-order chi connectivity index (χ0) is 19.1. The SMILES string of the molecule is Cc1nnc2c3cc(-c4ccccc4)c(-c4ccc(CO)cc4)nc3ccn12.[B].[H-].[Na+]. The van der Waals surface area contributed by atoms with Crippen molar-refractivity contribution in [3.63, 3.8) is 0 Å². The maximum absolute atomic E-state index is 9.34. The Balaban J connectivity index is 0.00000114. The van der Waals surface area contributed by atoms with E-state index in [0.717, 1.165) is 50.3 Å². The van der Waals surface area contributed by atoms with Gasteiger partial charge in [0.15, 0.2) is 5.65 Å². The Morgan fingerprint density at radius 3 is 2.37 bits per heavy atom. The monoisotopic (exact) mass is 401 g/mol. The van der Waals surface area contributed by atoms with Gasteiger partial charge >= 0.3 is 29.6 Å². The van der Waals surface area contributed by atoms with Crippen LogP contribution in [-0.4, -0.2) is 33.1 Å². The number of nitrogens with zero attached hydrogens (tertiary/aromatic N) is 4. The Bertz CT molecular complexity index is 1310. The Morgan fingerprint density at radius 1 is 0.933 bits per heavy atom. The first-order valence-electron chi connectivity index (χ1n) is 9.15. The maximum atomic E-state index is 9.34. The van der Waals surface area contributed by atoms with Crippen molar-refractivity contribution in [3.05, 3.63) is 84.3 Å². The van der Waals surface area contributed by atoms with E-state index in [1.54, 1.807) is 0 Å². The van der Waals surface area contributed by atoms with Crippen molar-refractivity contribution in [2.75, 3.05) is 0 Å². The zero-order valence-corrected chi connectivity index (χ0v) is 18.9. The van der Waals surface area contributed by atoms with E-state index in [1.807, 2.05) is 66.1 Å². The summed E-state index contributed by atoms with van der Waals surface area (Å²) in [6, 6.07) is 22.3. The van der Waals surface area contributed by atoms with Gasteiger partial charge in [-0.15, -0.1) is 10.2 Å². The summed E-state index contributed by atoms with van der Waals surface area (Å²) in [6.07, 6.45) is 1.96. The van der Waals surface area contributed by atoms with Crippen LogP contribution >= 0.6 is 0 Å². The maximum Gasteiger partial charge on any atom is 1.00 e. The van der Waals surface area contributed by atoms with Crippen LogP contribution in [-0.2, 0) is 6.61 Å². The summed E-state index contributed by atoms with van der Waals surface area (Å²) in [4.78, 5) is 4.99. The number of aliphatic hydroxyl groups is 1. The fourth-order valence-corrected chi connectivity index (χ4v) is 3.54. The first-order valence-corrected chi connectivity index (χ1v) is 9.15. The molecule has 0 fully saturated rings. The van der Waals surface area contributed by atoms with Gasteiger partial charge in [-0.25, -0.2) is 4.98 Å². The number of benzene rings is 2. The number of fused-ring (bicyclic) bond motifs is 3. The molecule has 0 aliphatic rings. The smallest absolute Gasteiger partial charge is 1.00 e. The van der Waals surface area contributed by atoms with Crippen LogP contribution in [0.3, 0.4) is 0 Å². The van der Waals surface area contributed by atoms with Crippen LogP contribution in [0.4, 0.5) is 0 Å². The third kappa shape index (κ3) is 3.79. The average molecular weight is 401 g/mol. The van der Waals surface area contributed by atoms with E-state index < -0.39 is 0 Å². The second-order valence-electron chi connectivity index (χ2n) is 6.79. The Kier molecular flexibility index (Phi) is 6.73. The van der Waals surface area contributed by atoms with Gasteiger partial charge in [0.05, 0.1) is 17.8 Å². The predicted octanol–water partition coefficient (Wildman–Crippen LogP) is 1.15. The second-order valence-corrected chi connectivity index (χ2v) is 6.79. The summed E-state index contributed by atoms with van der Waals surface area (Å²) in [5.41, 5.74) is 6.61. The van der Waals surface area contributed by atoms with Crippen molar-refractivity contribution >= 4 is 25.0 Å². The van der Waals surface area contributed by atoms with Crippen LogP contribution in [0.1, 0.15) is 12.8 Å². The topological polar surface area (TPSA) is 63.3 Å². The quantitative estimate of drug-likeness (QED) is 0.461. The molecule has 5 rings (SSSR count). The first kappa shape index (κ1) is 22.2. The molecule has 0 aliphatic carbocycles. The van der Waals surface area contributed by atoms with E-state index in [4.69, 9.17) is 4.98 Å². The molecule has 0 aliphatic heterocycles. The van der Waals surface area contributed by atoms with Gasteiger partial charge in [0.2, 0.25) is 0 Å². The summed E-state index contributed by atoms with van der Waals surface area (Å²) >= 11 is 0. The molecule has 0 spiro atoms. The summed E-state index contributed by atoms with van der Waals surface area (Å²) < 4.78 is 1.98. The molecule has 0 saturated heterocycles. The molecule has 3 radical (unpaired) electrons. The molecule has 5 nitrogen and oxygen atoms in total. The summed E-state index contributed by atoms with van der Waals surface area (Å²) in [5.74, 6) is 0.849. The Hall–Kier alpha value is -2.51. The number of aryl methyl sites for hydroxylation is 1. The fourth-order valence-electron chi connectivity index (χ4n) is 3.54. The van der Waals surface area contributed by atoms with Crippen LogP contribution in [0, 0.1) is 6.92 Å². The molecule has 2 aromatic carbocycles. The van der Waals surface area contributed by atoms with Gasteiger partial charge < -0.3 is 6.53 Å². The van der Waals surface area contributed by atoms with Gasteiger partial charge in [0.1, 0.15) is 5.82 Å². The summed E-state index contributed by atoms with van der Waals surface area (Å²) in [6.45, 7) is 1.97. The molecule has 7 heteroatoms. The molecule has 3 heterocycles. The minimum atomic E-state index is 0. The van der Waals surface area contributed by atoms with E-state index >= 15 is 0 Å². The fraction of sp³-hybridized carbons (Fsp3) is 0.0870. The van der Waals surface area contributed by atoms with E-state index in [1.165, 1.54) is 0 Å². The molecule has 141 valence electrons. The van der Waals surface area contributed by atoms with Crippen LogP contribution < -0.4 is 29.6 Å². The molecule has 0 unspecified atom stereocenters. The van der Waals surface area contributed by atoms with Crippen molar-refractivity contribution in [1.82, 2.24) is 19.6 Å². The molecular weight excluding hydrogens is 382 g/mol. The van der Waals surface area contributed by atoms with Crippen molar-refractivity contribution in [3.8, 4) is 22.4 Å². The van der Waals surface area contributed by atoms with Gasteiger partial charge in [-0.05, 0) is 30.2 Å². The van der Waals surface area contributed by atoms with Crippen LogP contribution in [0.5, 0.6) is 0 Å². The molecule has 0 bridgehead atoms. The van der Waals surface area contributed by atoms with E-state index in [9.17, 15) is 5.11 Å². The number of aromatic nitrogens is 4. The molecule has 0 amide bonds. The van der Waals surface area contributed by atoms with Crippen molar-refractivity contribution in [2.24, 2.45) is 0 Å². The number of rotatable bonds is 3. The van der Waals surface area contributed by atoms with Crippen molar-refractivity contribution in [2.45, 2.75) is 13.5 Å². The van der Waals surface area contributed by atoms with Crippen LogP contribution in [0.15, 0.2) is 72.9 Å². The average Bonchev–Trinajstić information content (AvgIpc) is 3.14. The number of pyridine rings is 2. The van der Waals surface area contributed by atoms with Crippen molar-refractivity contribution < 1.29 is 36.1 Å². The van der Waals surface area contributed by atoms with Crippen LogP contribution in [0.2, 0.25) is 0 Å². The number of hydrogen-bond donors (Lipinski definition) is 1.